The van der Waals surface area contributed by atoms with Crippen LogP contribution in [-0.4, -0.2) is 17.3 Å². The molecule has 0 amide bonds. The van der Waals surface area contributed by atoms with Gasteiger partial charge in [0, 0.05) is 25.1 Å². The molecule has 1 heterocycles. The van der Waals surface area contributed by atoms with Crippen LogP contribution in [0.25, 0.3) is 27.5 Å². The maximum absolute atomic E-state index is 10.0. The van der Waals surface area contributed by atoms with Gasteiger partial charge in [-0.1, -0.05) is 66.7 Å². The normalized spacial score (nSPS) is 13.9. The van der Waals surface area contributed by atoms with E-state index in [9.17, 15) is 10.2 Å². The molecular formula is C30H25NO3. The first-order valence-corrected chi connectivity index (χ1v) is 11.1. The van der Waals surface area contributed by atoms with E-state index in [0.29, 0.717) is 0 Å². The smallest absolute Gasteiger partial charge is 0.116 e. The third-order valence-electron chi connectivity index (χ3n) is 6.09. The number of aromatic hydroxyl groups is 2. The van der Waals surface area contributed by atoms with E-state index < -0.39 is 0 Å². The van der Waals surface area contributed by atoms with Gasteiger partial charge in [-0.3, -0.25) is 0 Å². The van der Waals surface area contributed by atoms with Gasteiger partial charge < -0.3 is 20.3 Å². The Bertz CT molecular complexity index is 1410. The van der Waals surface area contributed by atoms with Gasteiger partial charge >= 0.3 is 0 Å². The first kappa shape index (κ1) is 21.6. The number of methoxy groups -OCH3 is 1. The lowest BCUT2D eigenvalue weighted by atomic mass is 9.87. The molecule has 3 N–H and O–H groups in total. The molecule has 0 spiro atoms. The average molecular weight is 448 g/mol. The summed E-state index contributed by atoms with van der Waals surface area (Å²) in [6.45, 7) is 0. The SMILES string of the molecule is COC(c1ccc(C2=CNC=CC=C2)cc1)c1c(-c2ccc(O)cc2)ccc2cc(O)ccc12. The van der Waals surface area contributed by atoms with E-state index in [-0.39, 0.29) is 17.6 Å². The van der Waals surface area contributed by atoms with Crippen LogP contribution in [0.5, 0.6) is 11.5 Å². The van der Waals surface area contributed by atoms with Gasteiger partial charge in [0.15, 0.2) is 0 Å². The molecule has 4 aromatic carbocycles. The summed E-state index contributed by atoms with van der Waals surface area (Å²) in [4.78, 5) is 0. The van der Waals surface area contributed by atoms with Gasteiger partial charge in [0.05, 0.1) is 0 Å². The molecule has 0 aliphatic carbocycles. The maximum atomic E-state index is 10.0. The first-order chi connectivity index (χ1) is 16.6. The van der Waals surface area contributed by atoms with Gasteiger partial charge in [0.25, 0.3) is 0 Å². The molecule has 1 aliphatic heterocycles. The zero-order chi connectivity index (χ0) is 23.5. The Morgan fingerprint density at radius 2 is 1.50 bits per heavy atom. The zero-order valence-corrected chi connectivity index (χ0v) is 18.8. The second-order valence-corrected chi connectivity index (χ2v) is 8.20. The van der Waals surface area contributed by atoms with Crippen LogP contribution in [0.4, 0.5) is 0 Å². The summed E-state index contributed by atoms with van der Waals surface area (Å²) < 4.78 is 6.09. The number of hydrogen-bond donors (Lipinski definition) is 3. The summed E-state index contributed by atoms with van der Waals surface area (Å²) >= 11 is 0. The highest BCUT2D eigenvalue weighted by Crippen LogP contribution is 2.40. The molecular weight excluding hydrogens is 422 g/mol. The minimum atomic E-state index is -0.329. The van der Waals surface area contributed by atoms with Crippen molar-refractivity contribution in [2.24, 2.45) is 0 Å². The number of rotatable bonds is 5. The molecule has 34 heavy (non-hydrogen) atoms. The van der Waals surface area contributed by atoms with Crippen LogP contribution in [0.3, 0.4) is 0 Å². The largest absolute Gasteiger partial charge is 0.508 e. The maximum Gasteiger partial charge on any atom is 0.116 e. The number of fused-ring (bicyclic) bond motifs is 1. The van der Waals surface area contributed by atoms with Crippen molar-refractivity contribution in [3.05, 3.63) is 126 Å². The number of ether oxygens (including phenoxy) is 1. The van der Waals surface area contributed by atoms with Gasteiger partial charge in [-0.2, -0.15) is 0 Å². The molecule has 0 saturated carbocycles. The number of phenols is 2. The predicted molar refractivity (Wildman–Crippen MR) is 137 cm³/mol. The van der Waals surface area contributed by atoms with Crippen LogP contribution in [0.1, 0.15) is 22.8 Å². The van der Waals surface area contributed by atoms with Crippen LogP contribution in [0.15, 0.2) is 109 Å². The van der Waals surface area contributed by atoms with Crippen molar-refractivity contribution >= 4 is 16.3 Å². The monoisotopic (exact) mass is 447 g/mol. The van der Waals surface area contributed by atoms with Gasteiger partial charge in [0.1, 0.15) is 17.6 Å². The van der Waals surface area contributed by atoms with Crippen molar-refractivity contribution < 1.29 is 14.9 Å². The van der Waals surface area contributed by atoms with Crippen LogP contribution in [0, 0.1) is 0 Å². The molecule has 5 rings (SSSR count). The lowest BCUT2D eigenvalue weighted by Crippen LogP contribution is -2.07. The molecule has 0 bridgehead atoms. The molecule has 4 nitrogen and oxygen atoms in total. The number of phenolic OH excluding ortho intramolecular Hbond substituents is 2. The number of hydrogen-bond acceptors (Lipinski definition) is 4. The molecule has 0 saturated heterocycles. The molecule has 4 aromatic rings. The summed E-state index contributed by atoms with van der Waals surface area (Å²) in [7, 11) is 1.71. The van der Waals surface area contributed by atoms with Crippen LogP contribution in [-0.2, 0) is 4.74 Å². The Balaban J connectivity index is 1.64. The second kappa shape index (κ2) is 9.30. The van der Waals surface area contributed by atoms with E-state index in [0.717, 1.165) is 44.2 Å². The van der Waals surface area contributed by atoms with E-state index in [1.165, 1.54) is 0 Å². The van der Waals surface area contributed by atoms with Crippen molar-refractivity contribution in [3.63, 3.8) is 0 Å². The van der Waals surface area contributed by atoms with E-state index in [1.54, 1.807) is 31.4 Å². The van der Waals surface area contributed by atoms with E-state index >= 15 is 0 Å². The Morgan fingerprint density at radius 1 is 0.765 bits per heavy atom. The van der Waals surface area contributed by atoms with Gasteiger partial charge in [-0.15, -0.1) is 0 Å². The quantitative estimate of drug-likeness (QED) is 0.320. The van der Waals surface area contributed by atoms with E-state index in [2.05, 4.69) is 35.7 Å². The van der Waals surface area contributed by atoms with Crippen molar-refractivity contribution in [3.8, 4) is 22.6 Å². The highest BCUT2D eigenvalue weighted by atomic mass is 16.5. The summed E-state index contributed by atoms with van der Waals surface area (Å²) in [6.07, 6.45) is 9.57. The van der Waals surface area contributed by atoms with Crippen molar-refractivity contribution in [1.82, 2.24) is 5.32 Å². The lowest BCUT2D eigenvalue weighted by molar-refractivity contribution is 0.138. The summed E-state index contributed by atoms with van der Waals surface area (Å²) in [6, 6.07) is 25.0. The van der Waals surface area contributed by atoms with Gasteiger partial charge in [-0.25, -0.2) is 0 Å². The van der Waals surface area contributed by atoms with Crippen molar-refractivity contribution in [2.45, 2.75) is 6.10 Å². The number of benzene rings is 4. The molecule has 0 aromatic heterocycles. The first-order valence-electron chi connectivity index (χ1n) is 11.1. The third kappa shape index (κ3) is 4.19. The zero-order valence-electron chi connectivity index (χ0n) is 18.8. The summed E-state index contributed by atoms with van der Waals surface area (Å²) in [5, 5.41) is 24.9. The third-order valence-corrected chi connectivity index (χ3v) is 6.09. The predicted octanol–water partition coefficient (Wildman–Crippen LogP) is 6.67. The van der Waals surface area contributed by atoms with Gasteiger partial charge in [-0.05, 0) is 68.9 Å². The minimum absolute atomic E-state index is 0.224. The van der Waals surface area contributed by atoms with Crippen molar-refractivity contribution in [1.29, 1.82) is 0 Å². The number of nitrogens with one attached hydrogen (secondary N) is 1. The molecule has 0 radical (unpaired) electrons. The van der Waals surface area contributed by atoms with Crippen molar-refractivity contribution in [2.75, 3.05) is 7.11 Å². The van der Waals surface area contributed by atoms with Crippen LogP contribution in [0.2, 0.25) is 0 Å². The molecule has 4 heteroatoms. The molecule has 0 fully saturated rings. The molecule has 168 valence electrons. The molecule has 1 unspecified atom stereocenters. The topological polar surface area (TPSA) is 61.7 Å². The fourth-order valence-electron chi connectivity index (χ4n) is 4.42. The second-order valence-electron chi connectivity index (χ2n) is 8.20. The lowest BCUT2D eigenvalue weighted by Gasteiger charge is -2.23. The highest BCUT2D eigenvalue weighted by Gasteiger charge is 2.21. The Labute approximate surface area is 198 Å². The Kier molecular flexibility index (Phi) is 5.90. The fourth-order valence-corrected chi connectivity index (χ4v) is 4.42. The van der Waals surface area contributed by atoms with Gasteiger partial charge in [0.2, 0.25) is 0 Å². The van der Waals surface area contributed by atoms with E-state index in [4.69, 9.17) is 4.74 Å². The van der Waals surface area contributed by atoms with E-state index in [1.807, 2.05) is 54.9 Å². The minimum Gasteiger partial charge on any atom is -0.508 e. The summed E-state index contributed by atoms with van der Waals surface area (Å²) in [5.74, 6) is 0.448. The Hall–Kier alpha value is -4.28. The molecule has 1 atom stereocenters. The van der Waals surface area contributed by atoms with Crippen LogP contribution < -0.4 is 5.32 Å². The average Bonchev–Trinajstić information content (AvgIpc) is 3.15. The molecule has 1 aliphatic rings. The van der Waals surface area contributed by atoms with Crippen LogP contribution >= 0.6 is 0 Å². The fraction of sp³-hybridized carbons (Fsp3) is 0.0667. The Morgan fingerprint density at radius 3 is 2.26 bits per heavy atom. The summed E-state index contributed by atoms with van der Waals surface area (Å²) in [5.41, 5.74) is 6.23. The highest BCUT2D eigenvalue weighted by molar-refractivity contribution is 5.93. The standard InChI is InChI=1S/C30H25NO3/c1-34-30(22-7-5-20(6-8-22)24-4-2-3-17-31-19-24)29-27(21-9-12-25(32)13-10-21)15-11-23-18-26(33)14-16-28(23)29/h2-19,30-33H,1H3. The number of allylic oxidation sites excluding steroid dienone is 4.